The Labute approximate surface area is 154 Å². The third kappa shape index (κ3) is 3.75. The smallest absolute Gasteiger partial charge is 0.314 e. The van der Waals surface area contributed by atoms with Gasteiger partial charge in [-0.05, 0) is 44.0 Å². The zero-order valence-corrected chi connectivity index (χ0v) is 15.5. The van der Waals surface area contributed by atoms with E-state index in [4.69, 9.17) is 4.74 Å². The summed E-state index contributed by atoms with van der Waals surface area (Å²) in [5.41, 5.74) is 0.454. The number of carbonyl (C=O) groups is 2. The molecule has 1 amide bonds. The second-order valence-corrected chi connectivity index (χ2v) is 7.44. The molecule has 0 unspecified atom stereocenters. The van der Waals surface area contributed by atoms with Gasteiger partial charge in [0.25, 0.3) is 0 Å². The molecule has 0 spiro atoms. The molecular formula is C20H27FN2O3. The van der Waals surface area contributed by atoms with Crippen LogP contribution >= 0.6 is 0 Å². The van der Waals surface area contributed by atoms with Gasteiger partial charge in [0.1, 0.15) is 5.82 Å². The van der Waals surface area contributed by atoms with Crippen LogP contribution in [0.1, 0.15) is 32.3 Å². The highest BCUT2D eigenvalue weighted by Crippen LogP contribution is 2.44. The number of carbonyl (C=O) groups excluding carboxylic acids is 2. The summed E-state index contributed by atoms with van der Waals surface area (Å²) in [5, 5.41) is 0. The molecule has 6 heteroatoms. The average Bonchev–Trinajstić information content (AvgIpc) is 2.88. The van der Waals surface area contributed by atoms with E-state index >= 15 is 0 Å². The van der Waals surface area contributed by atoms with Crippen LogP contribution in [0.15, 0.2) is 24.3 Å². The largest absolute Gasteiger partial charge is 0.466 e. The number of nitrogens with zero attached hydrogens (tertiary/aromatic N) is 2. The van der Waals surface area contributed by atoms with Gasteiger partial charge in [0.05, 0.1) is 12.0 Å². The van der Waals surface area contributed by atoms with Gasteiger partial charge in [0, 0.05) is 39.0 Å². The molecule has 2 aliphatic heterocycles. The third-order valence-corrected chi connectivity index (χ3v) is 5.72. The van der Waals surface area contributed by atoms with Crippen LogP contribution in [-0.2, 0) is 20.9 Å². The molecule has 2 saturated heterocycles. The zero-order chi connectivity index (χ0) is 18.7. The second-order valence-electron chi connectivity index (χ2n) is 7.44. The number of hydrogen-bond donors (Lipinski definition) is 0. The summed E-state index contributed by atoms with van der Waals surface area (Å²) >= 11 is 0. The van der Waals surface area contributed by atoms with E-state index in [1.54, 1.807) is 24.0 Å². The third-order valence-electron chi connectivity index (χ3n) is 5.72. The summed E-state index contributed by atoms with van der Waals surface area (Å²) in [6.07, 6.45) is 1.61. The Morgan fingerprint density at radius 2 is 2.00 bits per heavy atom. The standard InChI is InChI=1S/C20H27FN2O3/c1-3-26-19(25)20-9-4-10-22(11-16-5-7-18(21)8-6-16)12-17(20)13-23(14-20)15(2)24/h5-8,17H,3-4,9-14H2,1-2H3/t17-,20-/m0/s1. The van der Waals surface area contributed by atoms with E-state index in [2.05, 4.69) is 4.90 Å². The molecule has 1 aromatic rings. The molecule has 5 nitrogen and oxygen atoms in total. The molecule has 1 aromatic carbocycles. The van der Waals surface area contributed by atoms with E-state index in [0.29, 0.717) is 19.7 Å². The number of likely N-dealkylation sites (tertiary alicyclic amines) is 2. The van der Waals surface area contributed by atoms with Crippen molar-refractivity contribution in [1.29, 1.82) is 0 Å². The van der Waals surface area contributed by atoms with Gasteiger partial charge < -0.3 is 9.64 Å². The molecule has 0 radical (unpaired) electrons. The highest BCUT2D eigenvalue weighted by Gasteiger charge is 2.54. The molecule has 0 N–H and O–H groups in total. The van der Waals surface area contributed by atoms with Gasteiger partial charge in [-0.3, -0.25) is 14.5 Å². The van der Waals surface area contributed by atoms with Crippen molar-refractivity contribution in [3.8, 4) is 0 Å². The van der Waals surface area contributed by atoms with Crippen LogP contribution in [0.2, 0.25) is 0 Å². The maximum absolute atomic E-state index is 13.1. The van der Waals surface area contributed by atoms with Gasteiger partial charge in [-0.25, -0.2) is 4.39 Å². The van der Waals surface area contributed by atoms with Crippen molar-refractivity contribution in [2.45, 2.75) is 33.2 Å². The number of esters is 1. The van der Waals surface area contributed by atoms with Crippen LogP contribution in [0, 0.1) is 17.2 Å². The van der Waals surface area contributed by atoms with Crippen LogP contribution in [0.4, 0.5) is 4.39 Å². The van der Waals surface area contributed by atoms with Crippen molar-refractivity contribution in [2.24, 2.45) is 11.3 Å². The van der Waals surface area contributed by atoms with Crippen LogP contribution in [0.25, 0.3) is 0 Å². The lowest BCUT2D eigenvalue weighted by Crippen LogP contribution is -2.42. The first-order chi connectivity index (χ1) is 12.4. The van der Waals surface area contributed by atoms with Crippen molar-refractivity contribution < 1.29 is 18.7 Å². The van der Waals surface area contributed by atoms with Gasteiger partial charge in [-0.1, -0.05) is 12.1 Å². The number of benzene rings is 1. The molecule has 3 rings (SSSR count). The fourth-order valence-electron chi connectivity index (χ4n) is 4.35. The maximum Gasteiger partial charge on any atom is 0.314 e. The predicted molar refractivity (Wildman–Crippen MR) is 95.7 cm³/mol. The Hall–Kier alpha value is -1.95. The molecule has 0 saturated carbocycles. The highest BCUT2D eigenvalue weighted by molar-refractivity contribution is 5.81. The van der Waals surface area contributed by atoms with E-state index in [1.165, 1.54) is 12.1 Å². The highest BCUT2D eigenvalue weighted by atomic mass is 19.1. The Morgan fingerprint density at radius 3 is 2.65 bits per heavy atom. The van der Waals surface area contributed by atoms with Gasteiger partial charge in [-0.2, -0.15) is 0 Å². The van der Waals surface area contributed by atoms with E-state index in [1.807, 2.05) is 6.92 Å². The number of fused-ring (bicyclic) bond motifs is 1. The van der Waals surface area contributed by atoms with Crippen LogP contribution in [-0.4, -0.2) is 54.5 Å². The summed E-state index contributed by atoms with van der Waals surface area (Å²) in [5.74, 6) is -0.337. The zero-order valence-electron chi connectivity index (χ0n) is 15.5. The predicted octanol–water partition coefficient (Wildman–Crippen LogP) is 2.45. The lowest BCUT2D eigenvalue weighted by Gasteiger charge is -2.31. The van der Waals surface area contributed by atoms with Gasteiger partial charge in [0.2, 0.25) is 5.91 Å². The summed E-state index contributed by atoms with van der Waals surface area (Å²) < 4.78 is 18.5. The van der Waals surface area contributed by atoms with Crippen LogP contribution < -0.4 is 0 Å². The maximum atomic E-state index is 13.1. The van der Waals surface area contributed by atoms with E-state index in [9.17, 15) is 14.0 Å². The topological polar surface area (TPSA) is 49.9 Å². The average molecular weight is 362 g/mol. The van der Waals surface area contributed by atoms with Crippen molar-refractivity contribution in [1.82, 2.24) is 9.80 Å². The fourth-order valence-corrected chi connectivity index (χ4v) is 4.35. The normalized spacial score (nSPS) is 26.3. The van der Waals surface area contributed by atoms with Gasteiger partial charge in [0.15, 0.2) is 0 Å². The van der Waals surface area contributed by atoms with E-state index < -0.39 is 5.41 Å². The molecule has 2 fully saturated rings. The molecule has 2 aliphatic rings. The Kier molecular flexibility index (Phi) is 5.61. The van der Waals surface area contributed by atoms with Crippen molar-refractivity contribution >= 4 is 11.9 Å². The van der Waals surface area contributed by atoms with Crippen LogP contribution in [0.3, 0.4) is 0 Å². The van der Waals surface area contributed by atoms with E-state index in [0.717, 1.165) is 38.0 Å². The monoisotopic (exact) mass is 362 g/mol. The van der Waals surface area contributed by atoms with Crippen molar-refractivity contribution in [2.75, 3.05) is 32.8 Å². The van der Waals surface area contributed by atoms with E-state index in [-0.39, 0.29) is 23.6 Å². The molecular weight excluding hydrogens is 335 g/mol. The number of halogens is 1. The van der Waals surface area contributed by atoms with Gasteiger partial charge >= 0.3 is 5.97 Å². The number of rotatable bonds is 4. The molecule has 26 heavy (non-hydrogen) atoms. The SMILES string of the molecule is CCOC(=O)[C@]12CCCN(Cc3ccc(F)cc3)C[C@H]1CN(C(C)=O)C2. The second kappa shape index (κ2) is 7.74. The Morgan fingerprint density at radius 1 is 1.27 bits per heavy atom. The number of hydrogen-bond acceptors (Lipinski definition) is 4. The van der Waals surface area contributed by atoms with Crippen molar-refractivity contribution in [3.05, 3.63) is 35.6 Å². The Balaban J connectivity index is 1.79. The lowest BCUT2D eigenvalue weighted by molar-refractivity contribution is -0.157. The summed E-state index contributed by atoms with van der Waals surface area (Å²) in [4.78, 5) is 28.8. The summed E-state index contributed by atoms with van der Waals surface area (Å²) in [6.45, 7) is 7.11. The summed E-state index contributed by atoms with van der Waals surface area (Å²) in [7, 11) is 0. The molecule has 0 aromatic heterocycles. The molecule has 2 heterocycles. The molecule has 142 valence electrons. The quantitative estimate of drug-likeness (QED) is 0.772. The minimum atomic E-state index is -0.598. The number of ether oxygens (including phenoxy) is 1. The van der Waals surface area contributed by atoms with Crippen molar-refractivity contribution in [3.63, 3.8) is 0 Å². The summed E-state index contributed by atoms with van der Waals surface area (Å²) in [6, 6.07) is 6.55. The lowest BCUT2D eigenvalue weighted by atomic mass is 9.75. The number of amides is 1. The fraction of sp³-hybridized carbons (Fsp3) is 0.600. The molecule has 0 aliphatic carbocycles. The first-order valence-electron chi connectivity index (χ1n) is 9.34. The minimum Gasteiger partial charge on any atom is -0.466 e. The molecule has 2 atom stereocenters. The first kappa shape index (κ1) is 18.8. The minimum absolute atomic E-state index is 0.00633. The first-order valence-corrected chi connectivity index (χ1v) is 9.34. The molecule has 0 bridgehead atoms. The Bertz CT molecular complexity index is 664. The van der Waals surface area contributed by atoms with Gasteiger partial charge in [-0.15, -0.1) is 0 Å². The van der Waals surface area contributed by atoms with Crippen LogP contribution in [0.5, 0.6) is 0 Å².